The number of nitrogens with one attached hydrogen (secondary N) is 1. The Morgan fingerprint density at radius 2 is 2.04 bits per heavy atom. The second-order valence-electron chi connectivity index (χ2n) is 7.12. The fraction of sp³-hybridized carbons (Fsp3) is 0.882. The van der Waals surface area contributed by atoms with E-state index in [1.54, 1.807) is 0 Å². The van der Waals surface area contributed by atoms with Crippen LogP contribution < -0.4 is 5.32 Å². The van der Waals surface area contributed by atoms with Gasteiger partial charge in [-0.15, -0.1) is 0 Å². The van der Waals surface area contributed by atoms with Gasteiger partial charge < -0.3 is 15.1 Å². The summed E-state index contributed by atoms with van der Waals surface area (Å²) in [5.74, 6) is -0.0284. The lowest BCUT2D eigenvalue weighted by Crippen LogP contribution is -2.50. The molecule has 1 fully saturated rings. The molecule has 1 atom stereocenters. The summed E-state index contributed by atoms with van der Waals surface area (Å²) in [4.78, 5) is 19.0. The van der Waals surface area contributed by atoms with Gasteiger partial charge in [-0.2, -0.15) is 13.2 Å². The van der Waals surface area contributed by atoms with Crippen molar-refractivity contribution < 1.29 is 18.0 Å². The van der Waals surface area contributed by atoms with Crippen molar-refractivity contribution >= 4 is 11.9 Å². The van der Waals surface area contributed by atoms with E-state index in [4.69, 9.17) is 0 Å². The molecule has 1 saturated heterocycles. The van der Waals surface area contributed by atoms with Gasteiger partial charge in [0.05, 0.1) is 0 Å². The minimum atomic E-state index is -4.40. The van der Waals surface area contributed by atoms with E-state index in [9.17, 15) is 18.0 Å². The van der Waals surface area contributed by atoms with Gasteiger partial charge in [0, 0.05) is 26.7 Å². The molecule has 1 aliphatic rings. The van der Waals surface area contributed by atoms with E-state index in [2.05, 4.69) is 29.1 Å². The van der Waals surface area contributed by atoms with Crippen LogP contribution in [0.15, 0.2) is 4.99 Å². The van der Waals surface area contributed by atoms with Crippen LogP contribution in [0.25, 0.3) is 0 Å². The minimum absolute atomic E-state index is 0.209. The van der Waals surface area contributed by atoms with Crippen LogP contribution in [0.2, 0.25) is 0 Å². The second-order valence-corrected chi connectivity index (χ2v) is 7.12. The van der Waals surface area contributed by atoms with Gasteiger partial charge in [0.25, 0.3) is 0 Å². The highest BCUT2D eigenvalue weighted by Gasteiger charge is 2.32. The third-order valence-corrected chi connectivity index (χ3v) is 4.48. The van der Waals surface area contributed by atoms with E-state index < -0.39 is 18.6 Å². The Bertz CT molecular complexity index is 463. The molecule has 1 N–H and O–H groups in total. The molecular formula is C17H31F3N4O. The van der Waals surface area contributed by atoms with Crippen LogP contribution in [0.4, 0.5) is 13.2 Å². The molecule has 146 valence electrons. The van der Waals surface area contributed by atoms with E-state index in [1.807, 2.05) is 6.92 Å². The zero-order valence-electron chi connectivity index (χ0n) is 15.7. The number of likely N-dealkylation sites (tertiary alicyclic amines) is 1. The number of aliphatic imine (C=N–C) groups is 1. The van der Waals surface area contributed by atoms with Crippen LogP contribution >= 0.6 is 0 Å². The Hall–Kier alpha value is -1.47. The molecule has 1 amide bonds. The molecule has 0 radical (unpaired) electrons. The first-order valence-corrected chi connectivity index (χ1v) is 8.94. The number of hydrogen-bond acceptors (Lipinski definition) is 2. The summed E-state index contributed by atoms with van der Waals surface area (Å²) in [5, 5.41) is 3.16. The molecule has 0 spiro atoms. The topological polar surface area (TPSA) is 47.9 Å². The van der Waals surface area contributed by atoms with Crippen molar-refractivity contribution in [3.8, 4) is 0 Å². The van der Waals surface area contributed by atoms with Gasteiger partial charge in [0.2, 0.25) is 5.91 Å². The number of guanidine groups is 1. The lowest BCUT2D eigenvalue weighted by Gasteiger charge is -2.42. The quantitative estimate of drug-likeness (QED) is 0.582. The minimum Gasteiger partial charge on any atom is -0.357 e. The van der Waals surface area contributed by atoms with Crippen LogP contribution in [-0.2, 0) is 4.79 Å². The van der Waals surface area contributed by atoms with Crippen molar-refractivity contribution in [3.63, 3.8) is 0 Å². The molecule has 8 heteroatoms. The SMILES string of the molecule is CCCC1(C)CCCN(C(=NCC(=O)N(C)CC(F)(F)F)NCC)C1. The van der Waals surface area contributed by atoms with Crippen molar-refractivity contribution in [1.82, 2.24) is 15.1 Å². The lowest BCUT2D eigenvalue weighted by atomic mass is 9.78. The summed E-state index contributed by atoms with van der Waals surface area (Å²) in [5.41, 5.74) is 0.209. The number of carbonyl (C=O) groups is 1. The molecule has 1 rings (SSSR count). The van der Waals surface area contributed by atoms with E-state index >= 15 is 0 Å². The fourth-order valence-corrected chi connectivity index (χ4v) is 3.35. The molecule has 0 saturated carbocycles. The predicted molar refractivity (Wildman–Crippen MR) is 93.5 cm³/mol. The Morgan fingerprint density at radius 1 is 1.36 bits per heavy atom. The maximum atomic E-state index is 12.4. The number of hydrogen-bond donors (Lipinski definition) is 1. The van der Waals surface area contributed by atoms with Crippen molar-refractivity contribution in [2.24, 2.45) is 10.4 Å². The van der Waals surface area contributed by atoms with Gasteiger partial charge in [0.1, 0.15) is 13.1 Å². The van der Waals surface area contributed by atoms with Crippen LogP contribution in [0.3, 0.4) is 0 Å². The summed E-state index contributed by atoms with van der Waals surface area (Å²) in [6, 6.07) is 0. The van der Waals surface area contributed by atoms with Gasteiger partial charge in [0.15, 0.2) is 5.96 Å². The number of likely N-dealkylation sites (N-methyl/N-ethyl adjacent to an activating group) is 1. The average molecular weight is 364 g/mol. The number of amides is 1. The van der Waals surface area contributed by atoms with Crippen LogP contribution in [-0.4, -0.2) is 67.6 Å². The highest BCUT2D eigenvalue weighted by Crippen LogP contribution is 2.33. The van der Waals surface area contributed by atoms with Crippen LogP contribution in [0.1, 0.15) is 46.5 Å². The number of carbonyl (C=O) groups excluding carboxylic acids is 1. The Kier molecular flexibility index (Phi) is 8.02. The zero-order chi connectivity index (χ0) is 19.1. The lowest BCUT2D eigenvalue weighted by molar-refractivity contribution is -0.157. The Labute approximate surface area is 148 Å². The predicted octanol–water partition coefficient (Wildman–Crippen LogP) is 2.87. The van der Waals surface area contributed by atoms with Crippen LogP contribution in [0.5, 0.6) is 0 Å². The van der Waals surface area contributed by atoms with E-state index in [-0.39, 0.29) is 12.0 Å². The summed E-state index contributed by atoms with van der Waals surface area (Å²) in [7, 11) is 1.15. The number of nitrogens with zero attached hydrogens (tertiary/aromatic N) is 3. The number of rotatable bonds is 6. The van der Waals surface area contributed by atoms with E-state index in [1.165, 1.54) is 0 Å². The standard InChI is InChI=1S/C17H31F3N4O/c1-5-8-16(3)9-7-10-24(12-16)15(21-6-2)22-11-14(25)23(4)13-17(18,19)20/h5-13H2,1-4H3,(H,21,22). The first kappa shape index (κ1) is 21.6. The van der Waals surface area contributed by atoms with Crippen molar-refractivity contribution in [1.29, 1.82) is 0 Å². The van der Waals surface area contributed by atoms with Crippen molar-refractivity contribution in [2.75, 3.05) is 39.8 Å². The molecule has 0 aliphatic carbocycles. The fourth-order valence-electron chi connectivity index (χ4n) is 3.35. The van der Waals surface area contributed by atoms with Crippen molar-refractivity contribution in [3.05, 3.63) is 0 Å². The molecule has 1 aliphatic heterocycles. The first-order valence-electron chi connectivity index (χ1n) is 8.94. The highest BCUT2D eigenvalue weighted by atomic mass is 19.4. The summed E-state index contributed by atoms with van der Waals surface area (Å²) in [6.45, 7) is 7.16. The third-order valence-electron chi connectivity index (χ3n) is 4.48. The number of halogens is 3. The Morgan fingerprint density at radius 3 is 2.60 bits per heavy atom. The van der Waals surface area contributed by atoms with Gasteiger partial charge in [-0.25, -0.2) is 4.99 Å². The summed E-state index contributed by atoms with van der Waals surface area (Å²) < 4.78 is 37.2. The molecule has 5 nitrogen and oxygen atoms in total. The van der Waals surface area contributed by atoms with E-state index in [0.29, 0.717) is 17.4 Å². The normalized spacial score (nSPS) is 22.0. The average Bonchev–Trinajstić information content (AvgIpc) is 2.49. The molecular weight excluding hydrogens is 333 g/mol. The second kappa shape index (κ2) is 9.29. The molecule has 0 aromatic rings. The van der Waals surface area contributed by atoms with Gasteiger partial charge >= 0.3 is 6.18 Å². The maximum Gasteiger partial charge on any atom is 0.406 e. The molecule has 0 aromatic carbocycles. The zero-order valence-corrected chi connectivity index (χ0v) is 15.7. The molecule has 1 unspecified atom stereocenters. The maximum absolute atomic E-state index is 12.4. The van der Waals surface area contributed by atoms with Crippen molar-refractivity contribution in [2.45, 2.75) is 52.6 Å². The highest BCUT2D eigenvalue weighted by molar-refractivity contribution is 5.85. The van der Waals surface area contributed by atoms with Crippen LogP contribution in [0, 0.1) is 5.41 Å². The molecule has 25 heavy (non-hydrogen) atoms. The molecule has 0 aromatic heterocycles. The van der Waals surface area contributed by atoms with Gasteiger partial charge in [-0.1, -0.05) is 20.3 Å². The number of piperidine rings is 1. The largest absolute Gasteiger partial charge is 0.406 e. The Balaban J connectivity index is 2.74. The number of alkyl halides is 3. The van der Waals surface area contributed by atoms with E-state index in [0.717, 1.165) is 45.8 Å². The summed E-state index contributed by atoms with van der Waals surface area (Å²) in [6.07, 6.45) is 0.0369. The van der Waals surface area contributed by atoms with Gasteiger partial charge in [-0.05, 0) is 31.6 Å². The summed E-state index contributed by atoms with van der Waals surface area (Å²) >= 11 is 0. The monoisotopic (exact) mass is 364 g/mol. The molecule has 1 heterocycles. The third kappa shape index (κ3) is 7.52. The smallest absolute Gasteiger partial charge is 0.357 e. The van der Waals surface area contributed by atoms with Gasteiger partial charge in [-0.3, -0.25) is 4.79 Å². The molecule has 0 bridgehead atoms. The first-order chi connectivity index (χ1) is 11.6.